The summed E-state index contributed by atoms with van der Waals surface area (Å²) in [5.74, 6) is -1.61. The lowest BCUT2D eigenvalue weighted by molar-refractivity contribution is -0.122. The number of barbiturate groups is 1. The van der Waals surface area contributed by atoms with Gasteiger partial charge in [-0.2, -0.15) is 0 Å². The fourth-order valence-electron chi connectivity index (χ4n) is 3.38. The monoisotopic (exact) mass is 601 g/mol. The van der Waals surface area contributed by atoms with Gasteiger partial charge in [-0.05, 0) is 77.0 Å². The average molecular weight is 603 g/mol. The van der Waals surface area contributed by atoms with Crippen LogP contribution in [0, 0.1) is 6.92 Å². The molecule has 1 saturated heterocycles. The van der Waals surface area contributed by atoms with E-state index in [0.29, 0.717) is 21.5 Å². The van der Waals surface area contributed by atoms with E-state index in [-0.39, 0.29) is 33.8 Å². The summed E-state index contributed by atoms with van der Waals surface area (Å²) in [5, 5.41) is 5.29. The van der Waals surface area contributed by atoms with E-state index >= 15 is 0 Å². The van der Waals surface area contributed by atoms with Gasteiger partial charge >= 0.3 is 6.03 Å². The van der Waals surface area contributed by atoms with Crippen molar-refractivity contribution in [1.29, 1.82) is 0 Å². The summed E-state index contributed by atoms with van der Waals surface area (Å²) in [6.45, 7) is 1.72. The second-order valence-corrected chi connectivity index (χ2v) is 9.62. The first-order valence-electron chi connectivity index (χ1n) is 10.8. The summed E-state index contributed by atoms with van der Waals surface area (Å²) >= 11 is 15.3. The number of rotatable bonds is 6. The predicted molar refractivity (Wildman–Crippen MR) is 145 cm³/mol. The molecule has 4 rings (SSSR count). The van der Waals surface area contributed by atoms with Gasteiger partial charge in [0.25, 0.3) is 17.7 Å². The van der Waals surface area contributed by atoms with Gasteiger partial charge < -0.3 is 10.1 Å². The predicted octanol–water partition coefficient (Wildman–Crippen LogP) is 5.75. The summed E-state index contributed by atoms with van der Waals surface area (Å²) in [4.78, 5) is 50.9. The van der Waals surface area contributed by atoms with Crippen LogP contribution in [-0.2, 0) is 14.4 Å². The summed E-state index contributed by atoms with van der Waals surface area (Å²) in [6.07, 6.45) is 1.34. The van der Waals surface area contributed by atoms with E-state index in [9.17, 15) is 19.2 Å². The maximum absolute atomic E-state index is 13.1. The molecule has 0 aliphatic carbocycles. The third-order valence-electron chi connectivity index (χ3n) is 5.22. The number of nitrogens with one attached hydrogen (secondary N) is 2. The Kier molecular flexibility index (Phi) is 7.97. The molecule has 1 fully saturated rings. The van der Waals surface area contributed by atoms with E-state index in [1.54, 1.807) is 30.3 Å². The fourth-order valence-corrected chi connectivity index (χ4v) is 4.19. The van der Waals surface area contributed by atoms with Crippen LogP contribution in [0.25, 0.3) is 6.08 Å². The van der Waals surface area contributed by atoms with E-state index in [1.165, 1.54) is 24.3 Å². The number of nitrogens with zero attached hydrogens (tertiary/aromatic N) is 1. The number of hydrogen-bond acceptors (Lipinski definition) is 5. The fraction of sp³-hybridized carbons (Fsp3) is 0.0769. The molecule has 188 valence electrons. The van der Waals surface area contributed by atoms with Crippen LogP contribution in [0.3, 0.4) is 0 Å². The number of hydrogen-bond donors (Lipinski definition) is 2. The number of benzene rings is 3. The normalized spacial score (nSPS) is 14.5. The SMILES string of the molecule is Cc1ccc(NC(=O)COc2ccc(/C=C3\C(=O)NC(=O)N(c4ccc(Cl)c(Cl)c4)C3=O)cc2Br)cc1. The van der Waals surface area contributed by atoms with Gasteiger partial charge in [-0.25, -0.2) is 9.69 Å². The summed E-state index contributed by atoms with van der Waals surface area (Å²) in [7, 11) is 0. The number of aryl methyl sites for hydroxylation is 1. The van der Waals surface area contributed by atoms with Crippen molar-refractivity contribution in [3.05, 3.63) is 91.9 Å². The molecule has 11 heteroatoms. The van der Waals surface area contributed by atoms with Gasteiger partial charge in [0.15, 0.2) is 6.61 Å². The molecule has 8 nitrogen and oxygen atoms in total. The number of carbonyl (C=O) groups excluding carboxylic acids is 4. The van der Waals surface area contributed by atoms with E-state index in [1.807, 2.05) is 19.1 Å². The zero-order chi connectivity index (χ0) is 26.7. The van der Waals surface area contributed by atoms with Crippen LogP contribution in [0.2, 0.25) is 10.0 Å². The minimum Gasteiger partial charge on any atom is -0.483 e. The van der Waals surface area contributed by atoms with E-state index in [4.69, 9.17) is 27.9 Å². The van der Waals surface area contributed by atoms with Gasteiger partial charge in [-0.1, -0.05) is 47.0 Å². The van der Waals surface area contributed by atoms with E-state index < -0.39 is 17.8 Å². The Morgan fingerprint density at radius 3 is 2.43 bits per heavy atom. The molecule has 37 heavy (non-hydrogen) atoms. The van der Waals surface area contributed by atoms with Gasteiger partial charge in [-0.15, -0.1) is 0 Å². The standard InChI is InChI=1S/C26H18BrCl2N3O5/c1-14-2-5-16(6-3-14)30-23(33)13-37-22-9-4-15(11-19(22)27)10-18-24(34)31-26(36)32(25(18)35)17-7-8-20(28)21(29)12-17/h2-12H,13H2,1H3,(H,30,33)(H,31,34,36)/b18-10+. The molecular weight excluding hydrogens is 585 g/mol. The lowest BCUT2D eigenvalue weighted by Gasteiger charge is -2.26. The van der Waals surface area contributed by atoms with Crippen molar-refractivity contribution >= 4 is 80.3 Å². The molecular formula is C26H18BrCl2N3O5. The summed E-state index contributed by atoms with van der Waals surface area (Å²) in [5.41, 5.74) is 2.11. The van der Waals surface area contributed by atoms with Crippen molar-refractivity contribution in [2.75, 3.05) is 16.8 Å². The van der Waals surface area contributed by atoms with Crippen LogP contribution in [0.5, 0.6) is 5.75 Å². The molecule has 3 aromatic carbocycles. The molecule has 1 heterocycles. The third-order valence-corrected chi connectivity index (χ3v) is 6.58. The van der Waals surface area contributed by atoms with E-state index in [0.717, 1.165) is 10.5 Å². The molecule has 1 aliphatic heterocycles. The lowest BCUT2D eigenvalue weighted by Crippen LogP contribution is -2.54. The van der Waals surface area contributed by atoms with Crippen molar-refractivity contribution < 1.29 is 23.9 Å². The maximum Gasteiger partial charge on any atom is 0.335 e. The molecule has 0 spiro atoms. The molecule has 0 unspecified atom stereocenters. The van der Waals surface area contributed by atoms with Gasteiger partial charge in [0.2, 0.25) is 0 Å². The number of anilines is 2. The van der Waals surface area contributed by atoms with Crippen LogP contribution in [-0.4, -0.2) is 30.4 Å². The number of carbonyl (C=O) groups is 4. The molecule has 3 aromatic rings. The summed E-state index contributed by atoms with van der Waals surface area (Å²) in [6, 6.07) is 15.5. The quantitative estimate of drug-likeness (QED) is 0.276. The summed E-state index contributed by atoms with van der Waals surface area (Å²) < 4.78 is 6.08. The smallest absolute Gasteiger partial charge is 0.335 e. The first-order chi connectivity index (χ1) is 17.6. The Morgan fingerprint density at radius 2 is 1.76 bits per heavy atom. The Bertz CT molecular complexity index is 1460. The number of halogens is 3. The van der Waals surface area contributed by atoms with Crippen LogP contribution < -0.4 is 20.3 Å². The van der Waals surface area contributed by atoms with Crippen LogP contribution in [0.1, 0.15) is 11.1 Å². The molecule has 2 N–H and O–H groups in total. The highest BCUT2D eigenvalue weighted by atomic mass is 79.9. The van der Waals surface area contributed by atoms with Crippen molar-refractivity contribution in [3.8, 4) is 5.75 Å². The maximum atomic E-state index is 13.1. The van der Waals surface area contributed by atoms with Gasteiger partial charge in [0, 0.05) is 5.69 Å². The zero-order valence-electron chi connectivity index (χ0n) is 19.2. The topological polar surface area (TPSA) is 105 Å². The lowest BCUT2D eigenvalue weighted by atomic mass is 10.1. The minimum atomic E-state index is -0.903. The zero-order valence-corrected chi connectivity index (χ0v) is 22.3. The van der Waals surface area contributed by atoms with Crippen molar-refractivity contribution in [1.82, 2.24) is 5.32 Å². The van der Waals surface area contributed by atoms with E-state index in [2.05, 4.69) is 26.6 Å². The van der Waals surface area contributed by atoms with Crippen molar-refractivity contribution in [2.45, 2.75) is 6.92 Å². The first-order valence-corrected chi connectivity index (χ1v) is 12.3. The highest BCUT2D eigenvalue weighted by molar-refractivity contribution is 9.10. The second kappa shape index (κ2) is 11.2. The van der Waals surface area contributed by atoms with Crippen LogP contribution in [0.15, 0.2) is 70.7 Å². The van der Waals surface area contributed by atoms with Gasteiger partial charge in [-0.3, -0.25) is 19.7 Å². The molecule has 0 atom stereocenters. The highest BCUT2D eigenvalue weighted by Gasteiger charge is 2.37. The number of urea groups is 1. The highest BCUT2D eigenvalue weighted by Crippen LogP contribution is 2.31. The Labute approximate surface area is 230 Å². The molecule has 5 amide bonds. The van der Waals surface area contributed by atoms with Gasteiger partial charge in [0.1, 0.15) is 11.3 Å². The molecule has 1 aliphatic rings. The molecule has 0 saturated carbocycles. The van der Waals surface area contributed by atoms with Crippen molar-refractivity contribution in [3.63, 3.8) is 0 Å². The van der Waals surface area contributed by atoms with Gasteiger partial charge in [0.05, 0.1) is 20.2 Å². The average Bonchev–Trinajstić information content (AvgIpc) is 2.84. The van der Waals surface area contributed by atoms with Crippen LogP contribution in [0.4, 0.5) is 16.2 Å². The number of ether oxygens (including phenoxy) is 1. The largest absolute Gasteiger partial charge is 0.483 e. The number of amides is 5. The minimum absolute atomic E-state index is 0.147. The molecule has 0 bridgehead atoms. The Hall–Kier alpha value is -3.66. The van der Waals surface area contributed by atoms with Crippen molar-refractivity contribution in [2.24, 2.45) is 0 Å². The van der Waals surface area contributed by atoms with Crippen LogP contribution >= 0.6 is 39.1 Å². The molecule has 0 radical (unpaired) electrons. The Balaban J connectivity index is 1.48. The third kappa shape index (κ3) is 6.19. The second-order valence-electron chi connectivity index (χ2n) is 7.95. The number of imide groups is 2. The first kappa shape index (κ1) is 26.4. The molecule has 0 aromatic heterocycles. The Morgan fingerprint density at radius 1 is 1.03 bits per heavy atom.